The first-order valence-electron chi connectivity index (χ1n) is 6.58. The molecular weight excluding hydrogens is 264 g/mol. The van der Waals surface area contributed by atoms with Crippen molar-refractivity contribution in [1.82, 2.24) is 10.5 Å². The maximum absolute atomic E-state index is 12.2. The van der Waals surface area contributed by atoms with Crippen molar-refractivity contribution in [3.8, 4) is 11.3 Å². The summed E-state index contributed by atoms with van der Waals surface area (Å²) in [6.07, 6.45) is 0. The number of pyridine rings is 1. The Morgan fingerprint density at radius 2 is 1.76 bits per heavy atom. The zero-order valence-corrected chi connectivity index (χ0v) is 11.5. The molecule has 4 heteroatoms. The largest absolute Gasteiger partial charge is 0.277 e. The van der Waals surface area contributed by atoms with E-state index in [1.54, 1.807) is 6.07 Å². The lowest BCUT2D eigenvalue weighted by molar-refractivity contribution is 0.0539. The van der Waals surface area contributed by atoms with Crippen molar-refractivity contribution in [3.05, 3.63) is 66.2 Å². The third-order valence-corrected chi connectivity index (χ3v) is 3.23. The third-order valence-electron chi connectivity index (χ3n) is 3.23. The van der Waals surface area contributed by atoms with E-state index in [1.807, 2.05) is 54.6 Å². The molecule has 1 amide bonds. The SMILES string of the molecule is CONC(=O)c1cc(-c2ccccc2)nc2ccccc12. The number of para-hydroxylation sites is 1. The fraction of sp³-hybridized carbons (Fsp3) is 0.0588. The molecule has 0 bridgehead atoms. The molecule has 0 aliphatic carbocycles. The quantitative estimate of drug-likeness (QED) is 0.748. The molecule has 21 heavy (non-hydrogen) atoms. The molecule has 1 aromatic heterocycles. The van der Waals surface area contributed by atoms with Crippen LogP contribution < -0.4 is 5.48 Å². The van der Waals surface area contributed by atoms with Crippen molar-refractivity contribution >= 4 is 16.8 Å². The highest BCUT2D eigenvalue weighted by Gasteiger charge is 2.13. The molecule has 0 atom stereocenters. The number of nitrogens with zero attached hydrogens (tertiary/aromatic N) is 1. The fourth-order valence-electron chi connectivity index (χ4n) is 2.27. The maximum atomic E-state index is 12.2. The predicted molar refractivity (Wildman–Crippen MR) is 81.7 cm³/mol. The Morgan fingerprint density at radius 3 is 2.52 bits per heavy atom. The van der Waals surface area contributed by atoms with Gasteiger partial charge < -0.3 is 0 Å². The van der Waals surface area contributed by atoms with Crippen LogP contribution in [0.2, 0.25) is 0 Å². The van der Waals surface area contributed by atoms with Gasteiger partial charge in [-0.15, -0.1) is 0 Å². The van der Waals surface area contributed by atoms with E-state index in [1.165, 1.54) is 7.11 Å². The summed E-state index contributed by atoms with van der Waals surface area (Å²) >= 11 is 0. The van der Waals surface area contributed by atoms with Crippen molar-refractivity contribution in [2.75, 3.05) is 7.11 Å². The number of carbonyl (C=O) groups is 1. The number of benzene rings is 2. The topological polar surface area (TPSA) is 51.2 Å². The van der Waals surface area contributed by atoms with E-state index in [-0.39, 0.29) is 5.91 Å². The van der Waals surface area contributed by atoms with E-state index in [0.717, 1.165) is 22.2 Å². The van der Waals surface area contributed by atoms with Crippen LogP contribution in [0, 0.1) is 0 Å². The number of hydrogen-bond acceptors (Lipinski definition) is 3. The molecule has 1 N–H and O–H groups in total. The minimum absolute atomic E-state index is 0.284. The van der Waals surface area contributed by atoms with Crippen LogP contribution in [0.4, 0.5) is 0 Å². The molecule has 0 saturated carbocycles. The minimum Gasteiger partial charge on any atom is -0.277 e. The van der Waals surface area contributed by atoms with Gasteiger partial charge >= 0.3 is 0 Å². The summed E-state index contributed by atoms with van der Waals surface area (Å²) in [4.78, 5) is 21.5. The fourth-order valence-corrected chi connectivity index (χ4v) is 2.27. The van der Waals surface area contributed by atoms with E-state index < -0.39 is 0 Å². The molecule has 2 aromatic carbocycles. The molecule has 3 aromatic rings. The van der Waals surface area contributed by atoms with E-state index in [2.05, 4.69) is 10.5 Å². The van der Waals surface area contributed by atoms with E-state index in [4.69, 9.17) is 4.84 Å². The van der Waals surface area contributed by atoms with Crippen LogP contribution in [-0.2, 0) is 4.84 Å². The number of hydrogen-bond donors (Lipinski definition) is 1. The van der Waals surface area contributed by atoms with Crippen molar-refractivity contribution in [1.29, 1.82) is 0 Å². The molecule has 0 unspecified atom stereocenters. The monoisotopic (exact) mass is 278 g/mol. The summed E-state index contributed by atoms with van der Waals surface area (Å²) in [7, 11) is 1.42. The third kappa shape index (κ3) is 2.61. The first-order chi connectivity index (χ1) is 10.3. The lowest BCUT2D eigenvalue weighted by Crippen LogP contribution is -2.22. The number of rotatable bonds is 3. The summed E-state index contributed by atoms with van der Waals surface area (Å²) in [6.45, 7) is 0. The average Bonchev–Trinajstić information content (AvgIpc) is 2.55. The summed E-state index contributed by atoms with van der Waals surface area (Å²) in [5.41, 5.74) is 5.41. The molecule has 0 radical (unpaired) electrons. The normalized spacial score (nSPS) is 10.5. The van der Waals surface area contributed by atoms with E-state index in [9.17, 15) is 4.79 Å². The van der Waals surface area contributed by atoms with Crippen molar-refractivity contribution in [2.24, 2.45) is 0 Å². The molecule has 0 aliphatic heterocycles. The Kier molecular flexibility index (Phi) is 3.62. The van der Waals surface area contributed by atoms with Crippen LogP contribution in [0.15, 0.2) is 60.7 Å². The maximum Gasteiger partial charge on any atom is 0.275 e. The highest BCUT2D eigenvalue weighted by molar-refractivity contribution is 6.06. The van der Waals surface area contributed by atoms with E-state index >= 15 is 0 Å². The highest BCUT2D eigenvalue weighted by Crippen LogP contribution is 2.24. The molecule has 0 fully saturated rings. The van der Waals surface area contributed by atoms with Gasteiger partial charge in [-0.1, -0.05) is 48.5 Å². The minimum atomic E-state index is -0.284. The summed E-state index contributed by atoms with van der Waals surface area (Å²) in [5, 5.41) is 0.798. The van der Waals surface area contributed by atoms with Crippen molar-refractivity contribution < 1.29 is 9.63 Å². The lowest BCUT2D eigenvalue weighted by atomic mass is 10.0. The molecule has 0 spiro atoms. The lowest BCUT2D eigenvalue weighted by Gasteiger charge is -2.09. The Hall–Kier alpha value is -2.72. The molecule has 4 nitrogen and oxygen atoms in total. The van der Waals surface area contributed by atoms with Gasteiger partial charge in [-0.05, 0) is 12.1 Å². The summed E-state index contributed by atoms with van der Waals surface area (Å²) in [6, 6.07) is 19.1. The second-order valence-corrected chi connectivity index (χ2v) is 4.57. The van der Waals surface area contributed by atoms with Gasteiger partial charge in [0, 0.05) is 10.9 Å². The first kappa shape index (κ1) is 13.3. The van der Waals surface area contributed by atoms with Crippen LogP contribution in [0.25, 0.3) is 22.2 Å². The molecule has 0 aliphatic rings. The van der Waals surface area contributed by atoms with Gasteiger partial charge in [0.1, 0.15) is 0 Å². The number of carbonyl (C=O) groups excluding carboxylic acids is 1. The van der Waals surface area contributed by atoms with Gasteiger partial charge in [0.2, 0.25) is 0 Å². The number of hydroxylamine groups is 1. The Bertz CT molecular complexity index is 785. The Balaban J connectivity index is 2.22. The Morgan fingerprint density at radius 1 is 1.05 bits per heavy atom. The molecule has 0 saturated heterocycles. The van der Waals surface area contributed by atoms with Crippen LogP contribution >= 0.6 is 0 Å². The zero-order valence-electron chi connectivity index (χ0n) is 11.5. The Labute approximate surface area is 122 Å². The van der Waals surface area contributed by atoms with Gasteiger partial charge in [0.25, 0.3) is 5.91 Å². The van der Waals surface area contributed by atoms with Crippen LogP contribution in [0.1, 0.15) is 10.4 Å². The second kappa shape index (κ2) is 5.73. The van der Waals surface area contributed by atoms with Crippen molar-refractivity contribution in [2.45, 2.75) is 0 Å². The predicted octanol–water partition coefficient (Wildman–Crippen LogP) is 3.19. The number of fused-ring (bicyclic) bond motifs is 1. The number of amides is 1. The molecule has 3 rings (SSSR count). The summed E-state index contributed by atoms with van der Waals surface area (Å²) in [5.74, 6) is -0.284. The summed E-state index contributed by atoms with van der Waals surface area (Å²) < 4.78 is 0. The standard InChI is InChI=1S/C17H14N2O2/c1-21-19-17(20)14-11-16(12-7-3-2-4-8-12)18-15-10-6-5-9-13(14)15/h2-11H,1H3,(H,19,20). The molecular formula is C17H14N2O2. The zero-order chi connectivity index (χ0) is 14.7. The molecule has 104 valence electrons. The van der Waals surface area contributed by atoms with Crippen LogP contribution in [0.3, 0.4) is 0 Å². The average molecular weight is 278 g/mol. The van der Waals surface area contributed by atoms with Gasteiger partial charge in [-0.2, -0.15) is 0 Å². The van der Waals surface area contributed by atoms with E-state index in [0.29, 0.717) is 5.56 Å². The number of aromatic nitrogens is 1. The highest BCUT2D eigenvalue weighted by atomic mass is 16.6. The van der Waals surface area contributed by atoms with Gasteiger partial charge in [-0.3, -0.25) is 9.63 Å². The smallest absolute Gasteiger partial charge is 0.275 e. The first-order valence-corrected chi connectivity index (χ1v) is 6.58. The second-order valence-electron chi connectivity index (χ2n) is 4.57. The van der Waals surface area contributed by atoms with Crippen LogP contribution in [-0.4, -0.2) is 18.0 Å². The number of nitrogens with one attached hydrogen (secondary N) is 1. The van der Waals surface area contributed by atoms with Crippen LogP contribution in [0.5, 0.6) is 0 Å². The van der Waals surface area contributed by atoms with Gasteiger partial charge in [-0.25, -0.2) is 10.5 Å². The van der Waals surface area contributed by atoms with Crippen molar-refractivity contribution in [3.63, 3.8) is 0 Å². The van der Waals surface area contributed by atoms with Gasteiger partial charge in [0.15, 0.2) is 0 Å². The molecule has 1 heterocycles. The van der Waals surface area contributed by atoms with Gasteiger partial charge in [0.05, 0.1) is 23.9 Å².